The zero-order valence-electron chi connectivity index (χ0n) is 2.63. The Labute approximate surface area is 122 Å². The van der Waals surface area contributed by atoms with E-state index in [4.69, 9.17) is 0 Å². The van der Waals surface area contributed by atoms with E-state index < -0.39 is 0 Å². The molecule has 0 atom stereocenters. The van der Waals surface area contributed by atoms with Gasteiger partial charge in [-0.3, -0.25) is 0 Å². The summed E-state index contributed by atoms with van der Waals surface area (Å²) in [4.78, 5) is 0. The number of hydrogen-bond acceptors (Lipinski definition) is 0. The van der Waals surface area contributed by atoms with E-state index in [9.17, 15) is 0 Å². The van der Waals surface area contributed by atoms with Gasteiger partial charge in [0.15, 0.2) is 0 Å². The van der Waals surface area contributed by atoms with Gasteiger partial charge < -0.3 is 0 Å². The Morgan fingerprint density at radius 1 is 0.400 bits per heavy atom. The van der Waals surface area contributed by atoms with E-state index in [0.717, 1.165) is 0 Å². The number of halogens is 4. The van der Waals surface area contributed by atoms with Crippen LogP contribution in [0.25, 0.3) is 0 Å². The van der Waals surface area contributed by atoms with Crippen molar-refractivity contribution in [2.24, 2.45) is 0 Å². The third-order valence-corrected chi connectivity index (χ3v) is 0. The summed E-state index contributed by atoms with van der Waals surface area (Å²) in [5, 5.41) is 0. The summed E-state index contributed by atoms with van der Waals surface area (Å²) in [6, 6.07) is 0. The van der Waals surface area contributed by atoms with Crippen molar-refractivity contribution in [2.75, 3.05) is 0 Å². The van der Waals surface area contributed by atoms with Gasteiger partial charge in [0.1, 0.15) is 0 Å². The predicted octanol–water partition coefficient (Wildman–Crippen LogP) is 2.09. The Morgan fingerprint density at radius 3 is 0.400 bits per heavy atom. The fraction of sp³-hybridized carbons (Fsp3) is 0. The van der Waals surface area contributed by atoms with Crippen LogP contribution in [0, 0.1) is 0 Å². The Kier molecular flexibility index (Phi) is 180. The van der Waals surface area contributed by atoms with Crippen LogP contribution < -0.4 is 0 Å². The quantitative estimate of drug-likeness (QED) is 0.330. The van der Waals surface area contributed by atoms with Crippen molar-refractivity contribution in [3.8, 4) is 0 Å². The van der Waals surface area contributed by atoms with Gasteiger partial charge in [-0.2, -0.15) is 0 Å². The molecule has 0 aliphatic rings. The summed E-state index contributed by atoms with van der Waals surface area (Å²) >= 11 is 0. The van der Waals surface area contributed by atoms with Gasteiger partial charge in [-0.1, -0.05) is 0 Å². The van der Waals surface area contributed by atoms with Crippen molar-refractivity contribution in [1.29, 1.82) is 0 Å². The Bertz CT molecular complexity index is 3.61. The van der Waals surface area contributed by atoms with E-state index in [2.05, 4.69) is 0 Å². The zero-order valence-corrected chi connectivity index (χ0v) is 14.0. The smallest absolute Gasteiger partial charge is 0 e. The SMILES string of the molecule is I.I.I.I.[Na]. The van der Waals surface area contributed by atoms with Crippen LogP contribution in [0.5, 0.6) is 0 Å². The first kappa shape index (κ1) is 36.4. The van der Waals surface area contributed by atoms with E-state index in [-0.39, 0.29) is 125 Å². The van der Waals surface area contributed by atoms with Crippen molar-refractivity contribution in [3.63, 3.8) is 0 Å². The van der Waals surface area contributed by atoms with Crippen LogP contribution >= 0.6 is 95.9 Å². The Hall–Kier alpha value is 3.92. The second-order valence-corrected chi connectivity index (χ2v) is 0. The first-order chi connectivity index (χ1) is 0. The summed E-state index contributed by atoms with van der Waals surface area (Å²) in [5.74, 6) is 0. The van der Waals surface area contributed by atoms with Gasteiger partial charge in [-0.15, -0.1) is 95.9 Å². The molecule has 0 heterocycles. The van der Waals surface area contributed by atoms with Crippen LogP contribution in [0.15, 0.2) is 0 Å². The molecular formula is H4I4Na. The van der Waals surface area contributed by atoms with Gasteiger partial charge in [0.25, 0.3) is 0 Å². The van der Waals surface area contributed by atoms with Crippen molar-refractivity contribution in [1.82, 2.24) is 0 Å². The summed E-state index contributed by atoms with van der Waals surface area (Å²) in [6.07, 6.45) is 0. The Morgan fingerprint density at radius 2 is 0.400 bits per heavy atom. The topological polar surface area (TPSA) is 0 Å². The van der Waals surface area contributed by atoms with Crippen molar-refractivity contribution >= 4 is 125 Å². The van der Waals surface area contributed by atoms with Gasteiger partial charge in [0.2, 0.25) is 0 Å². The van der Waals surface area contributed by atoms with Crippen molar-refractivity contribution < 1.29 is 0 Å². The second-order valence-electron chi connectivity index (χ2n) is 0. The van der Waals surface area contributed by atoms with Gasteiger partial charge in [-0.05, 0) is 0 Å². The minimum atomic E-state index is 0. The molecule has 1 radical (unpaired) electrons. The van der Waals surface area contributed by atoms with Crippen LogP contribution in [0.1, 0.15) is 0 Å². The normalized spacial score (nSPS) is 0. The molecule has 5 heavy (non-hydrogen) atoms. The van der Waals surface area contributed by atoms with E-state index in [1.165, 1.54) is 0 Å². The molecule has 0 amide bonds. The van der Waals surface area contributed by atoms with E-state index in [0.29, 0.717) is 0 Å². The molecule has 5 heteroatoms. The monoisotopic (exact) mass is 535 g/mol. The third kappa shape index (κ3) is 18.1. The third-order valence-electron chi connectivity index (χ3n) is 0. The minimum absolute atomic E-state index is 0. The van der Waals surface area contributed by atoms with E-state index in [1.807, 2.05) is 0 Å². The molecule has 0 bridgehead atoms. The molecule has 0 unspecified atom stereocenters. The van der Waals surface area contributed by atoms with Gasteiger partial charge >= 0.3 is 0 Å². The summed E-state index contributed by atoms with van der Waals surface area (Å²) in [6.45, 7) is 0. The summed E-state index contributed by atoms with van der Waals surface area (Å²) in [7, 11) is 0. The molecule has 0 N–H and O–H groups in total. The largest absolute Gasteiger partial charge is 0.107 e. The molecule has 0 fully saturated rings. The average molecular weight is 535 g/mol. The standard InChI is InChI=1S/4HI.Na/h4*1H;. The van der Waals surface area contributed by atoms with Crippen LogP contribution in [-0.2, 0) is 0 Å². The van der Waals surface area contributed by atoms with Crippen LogP contribution in [-0.4, -0.2) is 29.6 Å². The van der Waals surface area contributed by atoms with Gasteiger partial charge in [0.05, 0.1) is 0 Å². The maximum Gasteiger partial charge on any atom is 0 e. The number of hydrogen-bond donors (Lipinski definition) is 0. The van der Waals surface area contributed by atoms with Gasteiger partial charge in [-0.25, -0.2) is 0 Å². The number of rotatable bonds is 0. The molecular weight excluding hydrogens is 531 g/mol. The second kappa shape index (κ2) is 24.7. The zero-order chi connectivity index (χ0) is 0. The molecule has 0 nitrogen and oxygen atoms in total. The molecule has 0 aromatic rings. The molecule has 0 saturated carbocycles. The molecule has 0 aliphatic carbocycles. The molecule has 0 spiro atoms. The molecule has 33 valence electrons. The maximum atomic E-state index is 0. The summed E-state index contributed by atoms with van der Waals surface area (Å²) < 4.78 is 0. The van der Waals surface area contributed by atoms with Crippen LogP contribution in [0.3, 0.4) is 0 Å². The Balaban J connectivity index is 0. The van der Waals surface area contributed by atoms with Crippen molar-refractivity contribution in [3.05, 3.63) is 0 Å². The minimum Gasteiger partial charge on any atom is -0.107 e. The first-order valence-electron chi connectivity index (χ1n) is 0. The fourth-order valence-electron chi connectivity index (χ4n) is 0. The molecule has 0 aliphatic heterocycles. The van der Waals surface area contributed by atoms with E-state index >= 15 is 0 Å². The first-order valence-corrected chi connectivity index (χ1v) is 0. The van der Waals surface area contributed by atoms with E-state index in [1.54, 1.807) is 0 Å². The van der Waals surface area contributed by atoms with Crippen LogP contribution in [0.2, 0.25) is 0 Å². The molecule has 0 aromatic heterocycles. The van der Waals surface area contributed by atoms with Gasteiger partial charge in [0, 0.05) is 29.6 Å². The molecule has 0 saturated heterocycles. The van der Waals surface area contributed by atoms with Crippen LogP contribution in [0.4, 0.5) is 0 Å². The molecule has 0 aromatic carbocycles. The molecule has 0 rings (SSSR count). The predicted molar refractivity (Wildman–Crippen MR) is 67.4 cm³/mol. The fourth-order valence-corrected chi connectivity index (χ4v) is 0. The maximum absolute atomic E-state index is 0. The van der Waals surface area contributed by atoms with Crippen molar-refractivity contribution in [2.45, 2.75) is 0 Å². The average Bonchev–Trinajstić information content (AvgIpc) is 0. The summed E-state index contributed by atoms with van der Waals surface area (Å²) in [5.41, 5.74) is 0.